The molecule has 0 radical (unpaired) electrons. The average Bonchev–Trinajstić information content (AvgIpc) is 2.71. The van der Waals surface area contributed by atoms with Crippen LogP contribution in [0.5, 0.6) is 0 Å². The standard InChI is InChI=1S/C11H11N5OS/c1-7(2)16-10(17)14-15-11(16)18-9-4-3-8(5-12)6-13-9/h3-4,6-7H,1-2H3,(H,14,17). The lowest BCUT2D eigenvalue weighted by Crippen LogP contribution is -2.19. The Morgan fingerprint density at radius 3 is 2.83 bits per heavy atom. The van der Waals surface area contributed by atoms with Gasteiger partial charge >= 0.3 is 5.69 Å². The smallest absolute Gasteiger partial charge is 0.267 e. The van der Waals surface area contributed by atoms with E-state index < -0.39 is 0 Å². The Labute approximate surface area is 108 Å². The SMILES string of the molecule is CC(C)n1c(Sc2ccc(C#N)cn2)n[nH]c1=O. The molecule has 0 amide bonds. The molecule has 0 aliphatic carbocycles. The lowest BCUT2D eigenvalue weighted by Gasteiger charge is -2.07. The molecule has 7 heteroatoms. The van der Waals surface area contributed by atoms with Crippen molar-refractivity contribution in [2.75, 3.05) is 0 Å². The minimum Gasteiger partial charge on any atom is -0.267 e. The van der Waals surface area contributed by atoms with Gasteiger partial charge in [-0.05, 0) is 37.7 Å². The van der Waals surface area contributed by atoms with Crippen molar-refractivity contribution in [3.05, 3.63) is 34.4 Å². The Morgan fingerprint density at radius 2 is 2.28 bits per heavy atom. The molecule has 0 aromatic carbocycles. The van der Waals surface area contributed by atoms with E-state index in [2.05, 4.69) is 15.2 Å². The normalized spacial score (nSPS) is 10.6. The van der Waals surface area contributed by atoms with E-state index in [1.165, 1.54) is 18.0 Å². The van der Waals surface area contributed by atoms with Gasteiger partial charge in [-0.15, -0.1) is 5.10 Å². The zero-order chi connectivity index (χ0) is 13.1. The van der Waals surface area contributed by atoms with Crippen LogP contribution in [-0.2, 0) is 0 Å². The quantitative estimate of drug-likeness (QED) is 0.906. The van der Waals surface area contributed by atoms with Crippen molar-refractivity contribution in [2.45, 2.75) is 30.1 Å². The maximum absolute atomic E-state index is 11.5. The van der Waals surface area contributed by atoms with E-state index in [1.807, 2.05) is 19.9 Å². The topological polar surface area (TPSA) is 87.4 Å². The molecule has 18 heavy (non-hydrogen) atoms. The van der Waals surface area contributed by atoms with Crippen LogP contribution in [0.25, 0.3) is 0 Å². The average molecular weight is 261 g/mol. The predicted octanol–water partition coefficient (Wildman–Crippen LogP) is 1.57. The van der Waals surface area contributed by atoms with Crippen molar-refractivity contribution in [1.29, 1.82) is 5.26 Å². The van der Waals surface area contributed by atoms with Crippen molar-refractivity contribution in [2.24, 2.45) is 0 Å². The fourth-order valence-electron chi connectivity index (χ4n) is 1.42. The first-order valence-corrected chi connectivity index (χ1v) is 6.14. The van der Waals surface area contributed by atoms with Crippen molar-refractivity contribution in [1.82, 2.24) is 19.7 Å². The first kappa shape index (κ1) is 12.4. The van der Waals surface area contributed by atoms with Gasteiger partial charge in [0.05, 0.1) is 5.56 Å². The number of pyridine rings is 1. The zero-order valence-corrected chi connectivity index (χ0v) is 10.7. The van der Waals surface area contributed by atoms with Gasteiger partial charge in [0, 0.05) is 12.2 Å². The van der Waals surface area contributed by atoms with E-state index in [9.17, 15) is 4.79 Å². The minimum absolute atomic E-state index is 0.0251. The molecule has 0 aliphatic heterocycles. The van der Waals surface area contributed by atoms with Crippen LogP contribution in [-0.4, -0.2) is 19.7 Å². The van der Waals surface area contributed by atoms with Crippen LogP contribution in [0.4, 0.5) is 0 Å². The molecule has 0 spiro atoms. The summed E-state index contributed by atoms with van der Waals surface area (Å²) in [7, 11) is 0. The summed E-state index contributed by atoms with van der Waals surface area (Å²) in [4.78, 5) is 15.7. The lowest BCUT2D eigenvalue weighted by atomic mass is 10.3. The number of nitriles is 1. The number of rotatable bonds is 3. The summed E-state index contributed by atoms with van der Waals surface area (Å²) in [6, 6.07) is 5.44. The lowest BCUT2D eigenvalue weighted by molar-refractivity contribution is 0.534. The van der Waals surface area contributed by atoms with Crippen LogP contribution < -0.4 is 5.69 Å². The second kappa shape index (κ2) is 5.06. The van der Waals surface area contributed by atoms with Gasteiger partial charge in [0.25, 0.3) is 0 Å². The van der Waals surface area contributed by atoms with Gasteiger partial charge in [-0.3, -0.25) is 4.57 Å². The van der Waals surface area contributed by atoms with E-state index >= 15 is 0 Å². The summed E-state index contributed by atoms with van der Waals surface area (Å²) in [5.41, 5.74) is 0.267. The molecule has 0 bridgehead atoms. The fourth-order valence-corrected chi connectivity index (χ4v) is 2.33. The third-order valence-electron chi connectivity index (χ3n) is 2.25. The highest BCUT2D eigenvalue weighted by Gasteiger charge is 2.13. The first-order valence-electron chi connectivity index (χ1n) is 5.32. The van der Waals surface area contributed by atoms with E-state index in [0.717, 1.165) is 0 Å². The van der Waals surface area contributed by atoms with Crippen LogP contribution in [0.2, 0.25) is 0 Å². The Balaban J connectivity index is 2.29. The zero-order valence-electron chi connectivity index (χ0n) is 9.91. The van der Waals surface area contributed by atoms with Gasteiger partial charge < -0.3 is 0 Å². The Kier molecular flexibility index (Phi) is 3.48. The Bertz CT molecular complexity index is 635. The molecular formula is C11H11N5OS. The molecule has 6 nitrogen and oxygen atoms in total. The highest BCUT2D eigenvalue weighted by molar-refractivity contribution is 7.99. The predicted molar refractivity (Wildman–Crippen MR) is 66.3 cm³/mol. The van der Waals surface area contributed by atoms with E-state index in [0.29, 0.717) is 15.7 Å². The van der Waals surface area contributed by atoms with Gasteiger partial charge in [-0.1, -0.05) is 0 Å². The molecule has 0 saturated heterocycles. The number of nitrogens with zero attached hydrogens (tertiary/aromatic N) is 4. The molecule has 1 N–H and O–H groups in total. The van der Waals surface area contributed by atoms with E-state index in [-0.39, 0.29) is 11.7 Å². The molecule has 92 valence electrons. The van der Waals surface area contributed by atoms with Gasteiger partial charge in [0.1, 0.15) is 11.1 Å². The number of aromatic nitrogens is 4. The van der Waals surface area contributed by atoms with Crippen LogP contribution in [0.1, 0.15) is 25.5 Å². The summed E-state index contributed by atoms with van der Waals surface area (Å²) in [5.74, 6) is 0. The van der Waals surface area contributed by atoms with Gasteiger partial charge in [-0.2, -0.15) is 5.26 Å². The second-order valence-corrected chi connectivity index (χ2v) is 4.86. The van der Waals surface area contributed by atoms with Crippen molar-refractivity contribution < 1.29 is 0 Å². The molecule has 0 fully saturated rings. The maximum Gasteiger partial charge on any atom is 0.344 e. The number of hydrogen-bond acceptors (Lipinski definition) is 5. The summed E-state index contributed by atoms with van der Waals surface area (Å²) in [5, 5.41) is 16.3. The maximum atomic E-state index is 11.5. The van der Waals surface area contributed by atoms with Crippen molar-refractivity contribution >= 4 is 11.8 Å². The minimum atomic E-state index is -0.235. The third kappa shape index (κ3) is 2.43. The van der Waals surface area contributed by atoms with Gasteiger partial charge in [-0.25, -0.2) is 14.9 Å². The summed E-state index contributed by atoms with van der Waals surface area (Å²) < 4.78 is 1.56. The number of hydrogen-bond donors (Lipinski definition) is 1. The van der Waals surface area contributed by atoms with Crippen molar-refractivity contribution in [3.8, 4) is 6.07 Å². The molecule has 0 unspecified atom stereocenters. The second-order valence-electron chi connectivity index (χ2n) is 3.87. The summed E-state index contributed by atoms with van der Waals surface area (Å²) in [6.45, 7) is 3.82. The third-order valence-corrected chi connectivity index (χ3v) is 3.17. The van der Waals surface area contributed by atoms with Gasteiger partial charge in [0.15, 0.2) is 5.16 Å². The van der Waals surface area contributed by atoms with Crippen LogP contribution in [0.3, 0.4) is 0 Å². The van der Waals surface area contributed by atoms with Gasteiger partial charge in [0.2, 0.25) is 0 Å². The number of aromatic amines is 1. The highest BCUT2D eigenvalue weighted by atomic mass is 32.2. The Morgan fingerprint density at radius 1 is 1.50 bits per heavy atom. The molecule has 2 aromatic heterocycles. The van der Waals surface area contributed by atoms with Crippen LogP contribution in [0, 0.1) is 11.3 Å². The molecule has 0 atom stereocenters. The first-order chi connectivity index (χ1) is 8.61. The highest BCUT2D eigenvalue weighted by Crippen LogP contribution is 2.24. The fraction of sp³-hybridized carbons (Fsp3) is 0.273. The molecular weight excluding hydrogens is 250 g/mol. The Hall–Kier alpha value is -2.07. The van der Waals surface area contributed by atoms with E-state index in [4.69, 9.17) is 5.26 Å². The molecule has 2 heterocycles. The largest absolute Gasteiger partial charge is 0.344 e. The number of H-pyrrole nitrogens is 1. The van der Waals surface area contributed by atoms with E-state index in [1.54, 1.807) is 16.7 Å². The molecule has 0 aliphatic rings. The van der Waals surface area contributed by atoms with Crippen LogP contribution in [0.15, 0.2) is 33.3 Å². The summed E-state index contributed by atoms with van der Waals surface area (Å²) >= 11 is 1.28. The molecule has 0 saturated carbocycles. The number of nitrogens with one attached hydrogen (secondary N) is 1. The molecule has 2 rings (SSSR count). The summed E-state index contributed by atoms with van der Waals surface area (Å²) in [6.07, 6.45) is 1.49. The molecule has 2 aromatic rings. The van der Waals surface area contributed by atoms with Crippen LogP contribution >= 0.6 is 11.8 Å². The monoisotopic (exact) mass is 261 g/mol. The van der Waals surface area contributed by atoms with Crippen molar-refractivity contribution in [3.63, 3.8) is 0 Å².